The van der Waals surface area contributed by atoms with E-state index in [-0.39, 0.29) is 21.2 Å². The Kier molecular flexibility index (Phi) is 8.14. The summed E-state index contributed by atoms with van der Waals surface area (Å²) in [6, 6.07) is 5.33. The number of carboxylic acids is 1. The van der Waals surface area contributed by atoms with E-state index in [1.54, 1.807) is 0 Å². The number of hydrogen-bond donors (Lipinski definition) is 2. The number of methoxy groups -OCH3 is 1. The molecule has 0 saturated carbocycles. The number of carbonyl (C=O) groups is 1. The third-order valence-corrected chi connectivity index (χ3v) is 5.93. The van der Waals surface area contributed by atoms with Crippen molar-refractivity contribution in [2.24, 2.45) is 11.8 Å². The number of hydrogen-bond acceptors (Lipinski definition) is 6. The van der Waals surface area contributed by atoms with Gasteiger partial charge in [0.25, 0.3) is 10.0 Å². The van der Waals surface area contributed by atoms with Crippen molar-refractivity contribution < 1.29 is 23.1 Å². The number of nitrogens with one attached hydrogen (secondary N) is 1. The second-order valence-electron chi connectivity index (χ2n) is 7.99. The number of benzene rings is 1. The Morgan fingerprint density at radius 2 is 1.81 bits per heavy atom. The standard InChI is InChI=1S/C21H28ClN3O5S/c1-13(2)11-25(12-14(3)4)20-17(21(26)27)8-15(10-23-20)24-31(28,29)16-6-7-19(30-5)18(22)9-16/h6-10,13-14,24H,11-12H2,1-5H3,(H,26,27). The van der Waals surface area contributed by atoms with E-state index < -0.39 is 16.0 Å². The molecule has 0 aliphatic heterocycles. The molecule has 1 heterocycles. The molecule has 0 aliphatic rings. The molecule has 0 unspecified atom stereocenters. The predicted molar refractivity (Wildman–Crippen MR) is 122 cm³/mol. The molecule has 1 aromatic carbocycles. The van der Waals surface area contributed by atoms with Gasteiger partial charge in [0, 0.05) is 13.1 Å². The zero-order chi connectivity index (χ0) is 23.3. The van der Waals surface area contributed by atoms with Crippen LogP contribution in [0.3, 0.4) is 0 Å². The third-order valence-electron chi connectivity index (χ3n) is 4.25. The highest BCUT2D eigenvalue weighted by Gasteiger charge is 2.22. The van der Waals surface area contributed by atoms with Gasteiger partial charge in [0.2, 0.25) is 0 Å². The number of anilines is 2. The highest BCUT2D eigenvalue weighted by atomic mass is 35.5. The molecule has 0 radical (unpaired) electrons. The maximum absolute atomic E-state index is 12.7. The van der Waals surface area contributed by atoms with E-state index in [9.17, 15) is 18.3 Å². The number of carboxylic acid groups (broad SMARTS) is 1. The largest absolute Gasteiger partial charge is 0.495 e. The van der Waals surface area contributed by atoms with Crippen LogP contribution < -0.4 is 14.4 Å². The summed E-state index contributed by atoms with van der Waals surface area (Å²) in [5.74, 6) is 0.0504. The Hall–Kier alpha value is -2.52. The maximum atomic E-state index is 12.7. The smallest absolute Gasteiger partial charge is 0.339 e. The highest BCUT2D eigenvalue weighted by Crippen LogP contribution is 2.29. The molecule has 2 aromatic rings. The van der Waals surface area contributed by atoms with Gasteiger partial charge in [-0.1, -0.05) is 39.3 Å². The summed E-state index contributed by atoms with van der Waals surface area (Å²) in [5.41, 5.74) is -0.0311. The van der Waals surface area contributed by atoms with Crippen LogP contribution in [0.5, 0.6) is 5.75 Å². The number of pyridine rings is 1. The van der Waals surface area contributed by atoms with Crippen molar-refractivity contribution in [3.63, 3.8) is 0 Å². The molecular weight excluding hydrogens is 442 g/mol. The minimum absolute atomic E-state index is 0.0436. The van der Waals surface area contributed by atoms with Gasteiger partial charge >= 0.3 is 5.97 Å². The molecule has 0 amide bonds. The minimum Gasteiger partial charge on any atom is -0.495 e. The van der Waals surface area contributed by atoms with Gasteiger partial charge in [-0.15, -0.1) is 0 Å². The van der Waals surface area contributed by atoms with Gasteiger partial charge in [0.05, 0.1) is 28.9 Å². The van der Waals surface area contributed by atoms with Crippen LogP contribution >= 0.6 is 11.6 Å². The van der Waals surface area contributed by atoms with E-state index in [2.05, 4.69) is 9.71 Å². The van der Waals surface area contributed by atoms with Crippen molar-refractivity contribution in [1.82, 2.24) is 4.98 Å². The van der Waals surface area contributed by atoms with E-state index in [4.69, 9.17) is 16.3 Å². The van der Waals surface area contributed by atoms with Crippen LogP contribution in [0.1, 0.15) is 38.1 Å². The van der Waals surface area contributed by atoms with Crippen molar-refractivity contribution in [3.05, 3.63) is 41.0 Å². The lowest BCUT2D eigenvalue weighted by molar-refractivity contribution is 0.0697. The monoisotopic (exact) mass is 469 g/mol. The van der Waals surface area contributed by atoms with Crippen molar-refractivity contribution in [3.8, 4) is 5.75 Å². The van der Waals surface area contributed by atoms with Gasteiger partial charge in [-0.05, 0) is 36.1 Å². The lowest BCUT2D eigenvalue weighted by Gasteiger charge is -2.28. The molecule has 31 heavy (non-hydrogen) atoms. The van der Waals surface area contributed by atoms with Crippen LogP contribution in [0.4, 0.5) is 11.5 Å². The van der Waals surface area contributed by atoms with Gasteiger partial charge in [-0.2, -0.15) is 0 Å². The van der Waals surface area contributed by atoms with E-state index in [0.717, 1.165) is 0 Å². The van der Waals surface area contributed by atoms with Gasteiger partial charge < -0.3 is 14.7 Å². The van der Waals surface area contributed by atoms with Crippen molar-refractivity contribution in [1.29, 1.82) is 0 Å². The Morgan fingerprint density at radius 1 is 1.19 bits per heavy atom. The molecule has 170 valence electrons. The summed E-state index contributed by atoms with van der Waals surface area (Å²) in [5, 5.41) is 9.88. The van der Waals surface area contributed by atoms with Gasteiger partial charge in [-0.25, -0.2) is 18.2 Å². The summed E-state index contributed by atoms with van der Waals surface area (Å²) in [6.07, 6.45) is 1.32. The zero-order valence-electron chi connectivity index (χ0n) is 18.2. The first-order valence-electron chi connectivity index (χ1n) is 9.79. The highest BCUT2D eigenvalue weighted by molar-refractivity contribution is 7.92. The summed E-state index contributed by atoms with van der Waals surface area (Å²) in [7, 11) is -2.58. The van der Waals surface area contributed by atoms with Gasteiger partial charge in [0.1, 0.15) is 17.1 Å². The summed E-state index contributed by atoms with van der Waals surface area (Å²) in [4.78, 5) is 18.1. The topological polar surface area (TPSA) is 109 Å². The molecule has 0 saturated heterocycles. The Balaban J connectivity index is 2.41. The first-order chi connectivity index (χ1) is 14.4. The number of aromatic carboxylic acids is 1. The van der Waals surface area contributed by atoms with Crippen LogP contribution in [-0.2, 0) is 10.0 Å². The molecule has 0 spiro atoms. The average Bonchev–Trinajstić information content (AvgIpc) is 2.66. The molecule has 0 fully saturated rings. The predicted octanol–water partition coefficient (Wildman–Crippen LogP) is 4.36. The SMILES string of the molecule is COc1ccc(S(=O)(=O)Nc2cnc(N(CC(C)C)CC(C)C)c(C(=O)O)c2)cc1Cl. The molecule has 0 aliphatic carbocycles. The van der Waals surface area contributed by atoms with Crippen LogP contribution in [0.2, 0.25) is 5.02 Å². The number of halogens is 1. The zero-order valence-corrected chi connectivity index (χ0v) is 19.8. The second-order valence-corrected chi connectivity index (χ2v) is 10.1. The van der Waals surface area contributed by atoms with E-state index >= 15 is 0 Å². The number of nitrogens with zero attached hydrogens (tertiary/aromatic N) is 2. The van der Waals surface area contributed by atoms with Crippen LogP contribution in [0, 0.1) is 11.8 Å². The third kappa shape index (κ3) is 6.48. The summed E-state index contributed by atoms with van der Waals surface area (Å²) in [6.45, 7) is 9.40. The van der Waals surface area contributed by atoms with Crippen LogP contribution in [0.15, 0.2) is 35.4 Å². The van der Waals surface area contributed by atoms with E-state index in [1.807, 2.05) is 32.6 Å². The lowest BCUT2D eigenvalue weighted by Crippen LogP contribution is -2.33. The number of rotatable bonds is 10. The maximum Gasteiger partial charge on any atom is 0.339 e. The van der Waals surface area contributed by atoms with Crippen molar-refractivity contribution in [2.75, 3.05) is 29.8 Å². The van der Waals surface area contributed by atoms with Crippen LogP contribution in [-0.4, -0.2) is 44.7 Å². The molecule has 10 heteroatoms. The average molecular weight is 470 g/mol. The first-order valence-corrected chi connectivity index (χ1v) is 11.6. The summed E-state index contributed by atoms with van der Waals surface area (Å²) >= 11 is 6.03. The fourth-order valence-corrected chi connectivity index (χ4v) is 4.46. The molecule has 1 aromatic heterocycles. The van der Waals surface area contributed by atoms with Crippen LogP contribution in [0.25, 0.3) is 0 Å². The van der Waals surface area contributed by atoms with Gasteiger partial charge in [-0.3, -0.25) is 4.72 Å². The minimum atomic E-state index is -4.01. The number of sulfonamides is 1. The Bertz CT molecular complexity index is 1030. The molecule has 2 rings (SSSR count). The molecule has 8 nitrogen and oxygen atoms in total. The van der Waals surface area contributed by atoms with E-state index in [0.29, 0.717) is 36.5 Å². The molecular formula is C21H28ClN3O5S. The fraction of sp³-hybridized carbons (Fsp3) is 0.429. The number of ether oxygens (including phenoxy) is 1. The first kappa shape index (κ1) is 24.7. The molecule has 0 atom stereocenters. The van der Waals surface area contributed by atoms with Crippen molar-refractivity contribution >= 4 is 39.1 Å². The lowest BCUT2D eigenvalue weighted by atomic mass is 10.1. The fourth-order valence-electron chi connectivity index (χ4n) is 3.08. The molecule has 2 N–H and O–H groups in total. The Labute approximate surface area is 188 Å². The second kappa shape index (κ2) is 10.2. The normalized spacial score (nSPS) is 11.6. The van der Waals surface area contributed by atoms with Gasteiger partial charge in [0.15, 0.2) is 0 Å². The summed E-state index contributed by atoms with van der Waals surface area (Å²) < 4.78 is 32.9. The number of aromatic nitrogens is 1. The molecule has 0 bridgehead atoms. The van der Waals surface area contributed by atoms with E-state index in [1.165, 1.54) is 37.6 Å². The Morgan fingerprint density at radius 3 is 2.29 bits per heavy atom. The quantitative estimate of drug-likeness (QED) is 0.532. The van der Waals surface area contributed by atoms with Crippen molar-refractivity contribution in [2.45, 2.75) is 32.6 Å².